The molecule has 3 aromatic carbocycles. The summed E-state index contributed by atoms with van der Waals surface area (Å²) >= 11 is 0. The number of benzene rings is 3. The van der Waals surface area contributed by atoms with Gasteiger partial charge in [-0.15, -0.1) is 0 Å². The minimum absolute atomic E-state index is 0.0141. The average Bonchev–Trinajstić information content (AvgIpc) is 3.45. The van der Waals surface area contributed by atoms with Gasteiger partial charge in [-0.25, -0.2) is 4.98 Å². The number of hydrogen-bond donors (Lipinski definition) is 0. The molecule has 1 unspecified atom stereocenters. The molecule has 1 aromatic heterocycles. The molecule has 37 heavy (non-hydrogen) atoms. The summed E-state index contributed by atoms with van der Waals surface area (Å²) in [6.45, 7) is 10.7. The van der Waals surface area contributed by atoms with Crippen molar-refractivity contribution in [2.24, 2.45) is 0 Å². The van der Waals surface area contributed by atoms with Gasteiger partial charge < -0.3 is 18.9 Å². The number of hydrogen-bond acceptors (Lipinski definition) is 4. The number of amides is 1. The lowest BCUT2D eigenvalue weighted by molar-refractivity contribution is -0.117. The zero-order valence-corrected chi connectivity index (χ0v) is 22.1. The maximum atomic E-state index is 13.2. The second-order valence-electron chi connectivity index (χ2n) is 9.96. The van der Waals surface area contributed by atoms with Gasteiger partial charge in [-0.1, -0.05) is 50.2 Å². The van der Waals surface area contributed by atoms with Gasteiger partial charge in [-0.2, -0.15) is 0 Å². The van der Waals surface area contributed by atoms with Gasteiger partial charge in [0, 0.05) is 18.9 Å². The molecule has 1 fully saturated rings. The fraction of sp³-hybridized carbons (Fsp3) is 0.355. The van der Waals surface area contributed by atoms with E-state index in [1.807, 2.05) is 54.3 Å². The molecule has 0 N–H and O–H groups in total. The average molecular weight is 498 g/mol. The summed E-state index contributed by atoms with van der Waals surface area (Å²) in [6, 6.07) is 22.3. The Bertz CT molecular complexity index is 1410. The Morgan fingerprint density at radius 2 is 1.78 bits per heavy atom. The molecule has 0 radical (unpaired) electrons. The van der Waals surface area contributed by atoms with Crippen LogP contribution >= 0.6 is 0 Å². The molecule has 4 aromatic rings. The van der Waals surface area contributed by atoms with E-state index in [-0.39, 0.29) is 11.8 Å². The number of nitrogens with zero attached hydrogens (tertiary/aromatic N) is 3. The summed E-state index contributed by atoms with van der Waals surface area (Å²) in [7, 11) is 0. The molecule has 0 bridgehead atoms. The summed E-state index contributed by atoms with van der Waals surface area (Å²) in [5.41, 5.74) is 5.23. The van der Waals surface area contributed by atoms with Crippen LogP contribution in [0.15, 0.2) is 66.7 Å². The van der Waals surface area contributed by atoms with Crippen molar-refractivity contribution >= 4 is 22.6 Å². The maximum Gasteiger partial charge on any atom is 0.227 e. The van der Waals surface area contributed by atoms with E-state index in [9.17, 15) is 4.79 Å². The summed E-state index contributed by atoms with van der Waals surface area (Å²) in [5, 5.41) is 0. The van der Waals surface area contributed by atoms with Crippen molar-refractivity contribution in [3.05, 3.63) is 83.7 Å². The Hall–Kier alpha value is -3.80. The molecule has 1 atom stereocenters. The lowest BCUT2D eigenvalue weighted by atomic mass is 10.0. The Morgan fingerprint density at radius 1 is 1.00 bits per heavy atom. The fourth-order valence-corrected chi connectivity index (χ4v) is 5.20. The van der Waals surface area contributed by atoms with Gasteiger partial charge in [0.2, 0.25) is 5.91 Å². The number of rotatable bonds is 9. The van der Waals surface area contributed by atoms with E-state index >= 15 is 0 Å². The first-order valence-corrected chi connectivity index (χ1v) is 13.2. The molecule has 0 spiro atoms. The molecule has 6 nitrogen and oxygen atoms in total. The van der Waals surface area contributed by atoms with Crippen LogP contribution < -0.4 is 14.4 Å². The second-order valence-corrected chi connectivity index (χ2v) is 9.96. The number of imidazole rings is 1. The van der Waals surface area contributed by atoms with E-state index in [1.165, 1.54) is 11.1 Å². The predicted octanol–water partition coefficient (Wildman–Crippen LogP) is 6.47. The van der Waals surface area contributed by atoms with Crippen LogP contribution in [0.25, 0.3) is 11.0 Å². The quantitative estimate of drug-likeness (QED) is 0.266. The number of ether oxygens (including phenoxy) is 2. The van der Waals surface area contributed by atoms with Crippen molar-refractivity contribution in [3.8, 4) is 11.5 Å². The predicted molar refractivity (Wildman–Crippen MR) is 148 cm³/mol. The van der Waals surface area contributed by atoms with Gasteiger partial charge in [-0.3, -0.25) is 4.79 Å². The first kappa shape index (κ1) is 24.9. The number of fused-ring (bicyclic) bond motifs is 1. The summed E-state index contributed by atoms with van der Waals surface area (Å²) in [4.78, 5) is 20.0. The highest BCUT2D eigenvalue weighted by Gasteiger charge is 2.36. The number of anilines is 1. The van der Waals surface area contributed by atoms with Crippen LogP contribution in [-0.2, 0) is 11.3 Å². The summed E-state index contributed by atoms with van der Waals surface area (Å²) in [5.74, 6) is 3.07. The summed E-state index contributed by atoms with van der Waals surface area (Å²) in [6.07, 6.45) is 0.417. The normalized spacial score (nSPS) is 15.6. The van der Waals surface area contributed by atoms with Gasteiger partial charge in [0.25, 0.3) is 0 Å². The van der Waals surface area contributed by atoms with Crippen molar-refractivity contribution in [2.75, 3.05) is 24.7 Å². The van der Waals surface area contributed by atoms with E-state index < -0.39 is 0 Å². The molecule has 192 valence electrons. The lowest BCUT2D eigenvalue weighted by Crippen LogP contribution is -2.25. The molecule has 6 heteroatoms. The first-order chi connectivity index (χ1) is 18.0. The summed E-state index contributed by atoms with van der Waals surface area (Å²) < 4.78 is 14.4. The SMILES string of the molecule is CCOc1ccccc1N1CC(c2nc3ccccc3n2CCOc2cc(C)ccc2C(C)C)CC1=O. The largest absolute Gasteiger partial charge is 0.492 e. The van der Waals surface area contributed by atoms with Gasteiger partial charge in [0.05, 0.1) is 29.9 Å². The van der Waals surface area contributed by atoms with E-state index in [4.69, 9.17) is 14.5 Å². The van der Waals surface area contributed by atoms with Crippen molar-refractivity contribution in [3.63, 3.8) is 0 Å². The number of para-hydroxylation sites is 4. The third-order valence-electron chi connectivity index (χ3n) is 6.99. The van der Waals surface area contributed by atoms with Crippen LogP contribution in [0.4, 0.5) is 5.69 Å². The lowest BCUT2D eigenvalue weighted by Gasteiger charge is -2.20. The Morgan fingerprint density at radius 3 is 2.59 bits per heavy atom. The number of carbonyl (C=O) groups excluding carboxylic acids is 1. The maximum absolute atomic E-state index is 13.2. The topological polar surface area (TPSA) is 56.6 Å². The third-order valence-corrected chi connectivity index (χ3v) is 6.99. The highest BCUT2D eigenvalue weighted by atomic mass is 16.5. The smallest absolute Gasteiger partial charge is 0.227 e. The van der Waals surface area contributed by atoms with Crippen molar-refractivity contribution in [1.82, 2.24) is 9.55 Å². The number of aromatic nitrogens is 2. The standard InChI is InChI=1S/C31H35N3O3/c1-5-36-28-13-9-8-12-27(28)34-20-23(19-30(34)35)31-32-25-10-6-7-11-26(25)33(31)16-17-37-29-18-22(4)14-15-24(29)21(2)3/h6-15,18,21,23H,5,16-17,19-20H2,1-4H3. The van der Waals surface area contributed by atoms with Crippen LogP contribution in [0.2, 0.25) is 0 Å². The van der Waals surface area contributed by atoms with Gasteiger partial charge in [0.1, 0.15) is 23.9 Å². The third kappa shape index (κ3) is 5.06. The second kappa shape index (κ2) is 10.7. The fourth-order valence-electron chi connectivity index (χ4n) is 5.20. The highest BCUT2D eigenvalue weighted by Crippen LogP contribution is 2.37. The molecule has 1 aliphatic heterocycles. The van der Waals surface area contributed by atoms with E-state index in [1.54, 1.807) is 0 Å². The zero-order chi connectivity index (χ0) is 25.9. The Balaban J connectivity index is 1.41. The molecule has 1 aliphatic rings. The van der Waals surface area contributed by atoms with Gasteiger partial charge >= 0.3 is 0 Å². The molecule has 0 saturated carbocycles. The van der Waals surface area contributed by atoms with Crippen molar-refractivity contribution < 1.29 is 14.3 Å². The van der Waals surface area contributed by atoms with E-state index in [0.717, 1.165) is 34.0 Å². The van der Waals surface area contributed by atoms with Crippen LogP contribution in [0.5, 0.6) is 11.5 Å². The number of aryl methyl sites for hydroxylation is 1. The molecular formula is C31H35N3O3. The van der Waals surface area contributed by atoms with Crippen LogP contribution in [-0.4, -0.2) is 35.2 Å². The van der Waals surface area contributed by atoms with E-state index in [2.05, 4.69) is 49.6 Å². The molecular weight excluding hydrogens is 462 g/mol. The monoisotopic (exact) mass is 497 g/mol. The van der Waals surface area contributed by atoms with E-state index in [0.29, 0.717) is 38.6 Å². The Labute approximate surface area is 218 Å². The van der Waals surface area contributed by atoms with Crippen molar-refractivity contribution in [1.29, 1.82) is 0 Å². The van der Waals surface area contributed by atoms with Gasteiger partial charge in [-0.05, 0) is 61.2 Å². The molecule has 2 heterocycles. The van der Waals surface area contributed by atoms with Crippen LogP contribution in [0.1, 0.15) is 56.0 Å². The number of carbonyl (C=O) groups is 1. The minimum Gasteiger partial charge on any atom is -0.492 e. The van der Waals surface area contributed by atoms with Crippen LogP contribution in [0.3, 0.4) is 0 Å². The molecule has 0 aliphatic carbocycles. The molecule has 1 saturated heterocycles. The van der Waals surface area contributed by atoms with Gasteiger partial charge in [0.15, 0.2) is 0 Å². The van der Waals surface area contributed by atoms with Crippen molar-refractivity contribution in [2.45, 2.75) is 52.5 Å². The Kier molecular flexibility index (Phi) is 7.17. The zero-order valence-electron chi connectivity index (χ0n) is 22.1. The molecule has 1 amide bonds. The molecule has 5 rings (SSSR count). The highest BCUT2D eigenvalue weighted by molar-refractivity contribution is 5.97. The first-order valence-electron chi connectivity index (χ1n) is 13.2. The van der Waals surface area contributed by atoms with Crippen LogP contribution in [0, 0.1) is 6.92 Å². The minimum atomic E-state index is -0.0141.